The third-order valence-electron chi connectivity index (χ3n) is 3.31. The first-order chi connectivity index (χ1) is 9.32. The first-order valence-electron chi connectivity index (χ1n) is 6.59. The lowest BCUT2D eigenvalue weighted by atomic mass is 10.1. The summed E-state index contributed by atoms with van der Waals surface area (Å²) >= 11 is 0. The molecule has 6 heteroatoms. The molecule has 0 N–H and O–H groups in total. The number of nitrogens with zero attached hydrogens (tertiary/aromatic N) is 2. The van der Waals surface area contributed by atoms with E-state index >= 15 is 0 Å². The molecule has 0 aromatic heterocycles. The van der Waals surface area contributed by atoms with Crippen molar-refractivity contribution in [2.45, 2.75) is 19.9 Å². The Balaban J connectivity index is 3.25. The summed E-state index contributed by atoms with van der Waals surface area (Å²) in [6.45, 7) is 4.86. The molecule has 0 radical (unpaired) electrons. The predicted molar refractivity (Wildman–Crippen MR) is 79.7 cm³/mol. The van der Waals surface area contributed by atoms with Crippen molar-refractivity contribution in [1.29, 1.82) is 0 Å². The van der Waals surface area contributed by atoms with Gasteiger partial charge in [0.2, 0.25) is 15.9 Å². The van der Waals surface area contributed by atoms with Crippen molar-refractivity contribution in [3.05, 3.63) is 35.9 Å². The van der Waals surface area contributed by atoms with Gasteiger partial charge in [0.25, 0.3) is 0 Å². The molecule has 0 unspecified atom stereocenters. The molecule has 0 saturated heterocycles. The molecule has 0 spiro atoms. The fourth-order valence-corrected chi connectivity index (χ4v) is 2.64. The Kier molecular flexibility index (Phi) is 5.71. The van der Waals surface area contributed by atoms with E-state index in [1.54, 1.807) is 29.2 Å². The molecule has 1 aromatic rings. The van der Waals surface area contributed by atoms with Gasteiger partial charge in [-0.05, 0) is 19.4 Å². The molecule has 0 heterocycles. The van der Waals surface area contributed by atoms with Gasteiger partial charge in [0, 0.05) is 20.1 Å². The van der Waals surface area contributed by atoms with E-state index in [4.69, 9.17) is 0 Å². The second kappa shape index (κ2) is 6.85. The van der Waals surface area contributed by atoms with Gasteiger partial charge >= 0.3 is 0 Å². The van der Waals surface area contributed by atoms with E-state index in [-0.39, 0.29) is 5.91 Å². The number of carbonyl (C=O) groups excluding carboxylic acids is 1. The molecular formula is C14H22N2O3S. The van der Waals surface area contributed by atoms with Gasteiger partial charge in [0.1, 0.15) is 6.04 Å². The Bertz CT molecular complexity index is 539. The minimum absolute atomic E-state index is 0.200. The molecule has 0 fully saturated rings. The summed E-state index contributed by atoms with van der Waals surface area (Å²) in [6.07, 6.45) is 1.11. The lowest BCUT2D eigenvalue weighted by Crippen LogP contribution is -2.43. The molecule has 5 nitrogen and oxygen atoms in total. The maximum absolute atomic E-state index is 12.6. The van der Waals surface area contributed by atoms with Crippen molar-refractivity contribution < 1.29 is 13.2 Å². The molecule has 0 aliphatic carbocycles. The van der Waals surface area contributed by atoms with Crippen molar-refractivity contribution in [3.8, 4) is 0 Å². The highest BCUT2D eigenvalue weighted by atomic mass is 32.2. The summed E-state index contributed by atoms with van der Waals surface area (Å²) in [5.74, 6) is -0.200. The smallest absolute Gasteiger partial charge is 0.245 e. The fourth-order valence-electron chi connectivity index (χ4n) is 2.04. The maximum atomic E-state index is 12.6. The van der Waals surface area contributed by atoms with E-state index in [9.17, 15) is 13.2 Å². The van der Waals surface area contributed by atoms with Gasteiger partial charge < -0.3 is 4.90 Å². The number of amides is 1. The fraction of sp³-hybridized carbons (Fsp3) is 0.500. The third-order valence-corrected chi connectivity index (χ3v) is 4.57. The molecule has 1 atom stereocenters. The van der Waals surface area contributed by atoms with Crippen LogP contribution in [-0.4, -0.2) is 49.9 Å². The van der Waals surface area contributed by atoms with Crippen LogP contribution in [0.3, 0.4) is 0 Å². The van der Waals surface area contributed by atoms with Gasteiger partial charge in [-0.2, -0.15) is 4.31 Å². The Morgan fingerprint density at radius 1 is 1.15 bits per heavy atom. The van der Waals surface area contributed by atoms with Crippen molar-refractivity contribution in [2.75, 3.05) is 26.4 Å². The Labute approximate surface area is 121 Å². The van der Waals surface area contributed by atoms with Crippen LogP contribution in [0.5, 0.6) is 0 Å². The van der Waals surface area contributed by atoms with Crippen LogP contribution >= 0.6 is 0 Å². The summed E-state index contributed by atoms with van der Waals surface area (Å²) in [5.41, 5.74) is 0.678. The maximum Gasteiger partial charge on any atom is 0.245 e. The standard InChI is InChI=1S/C14H22N2O3S/c1-5-16(6-2)14(17)13(15(3)20(4,18)19)12-10-8-7-9-11-12/h7-11,13H,5-6H2,1-4H3/t13-/m0/s1. The van der Waals surface area contributed by atoms with E-state index in [1.807, 2.05) is 19.9 Å². The number of likely N-dealkylation sites (N-methyl/N-ethyl adjacent to an activating group) is 2. The van der Waals surface area contributed by atoms with Crippen LogP contribution in [0.1, 0.15) is 25.5 Å². The van der Waals surface area contributed by atoms with Crippen LogP contribution < -0.4 is 0 Å². The minimum atomic E-state index is -3.46. The van der Waals surface area contributed by atoms with Crippen molar-refractivity contribution in [3.63, 3.8) is 0 Å². The minimum Gasteiger partial charge on any atom is -0.342 e. The van der Waals surface area contributed by atoms with Crippen LogP contribution in [0.2, 0.25) is 0 Å². The van der Waals surface area contributed by atoms with Crippen LogP contribution in [0.15, 0.2) is 30.3 Å². The second-order valence-corrected chi connectivity index (χ2v) is 6.64. The number of sulfonamides is 1. The molecule has 0 saturated carbocycles. The van der Waals surface area contributed by atoms with Gasteiger partial charge in [0.15, 0.2) is 0 Å². The monoisotopic (exact) mass is 298 g/mol. The van der Waals surface area contributed by atoms with E-state index in [1.165, 1.54) is 7.05 Å². The van der Waals surface area contributed by atoms with Gasteiger partial charge in [-0.25, -0.2) is 8.42 Å². The topological polar surface area (TPSA) is 57.7 Å². The average Bonchev–Trinajstić information content (AvgIpc) is 2.40. The Morgan fingerprint density at radius 2 is 1.65 bits per heavy atom. The normalized spacial score (nSPS) is 13.2. The Hall–Kier alpha value is -1.40. The molecular weight excluding hydrogens is 276 g/mol. The highest BCUT2D eigenvalue weighted by Gasteiger charge is 2.32. The predicted octanol–water partition coefficient (Wildman–Crippen LogP) is 1.49. The third kappa shape index (κ3) is 3.80. The molecule has 1 aromatic carbocycles. The lowest BCUT2D eigenvalue weighted by Gasteiger charge is -2.30. The summed E-state index contributed by atoms with van der Waals surface area (Å²) in [6, 6.07) is 8.16. The van der Waals surface area contributed by atoms with Crippen molar-refractivity contribution in [1.82, 2.24) is 9.21 Å². The van der Waals surface area contributed by atoms with Crippen LogP contribution in [0, 0.1) is 0 Å². The van der Waals surface area contributed by atoms with E-state index in [0.717, 1.165) is 10.6 Å². The van der Waals surface area contributed by atoms with E-state index in [0.29, 0.717) is 18.7 Å². The number of carbonyl (C=O) groups is 1. The zero-order chi connectivity index (χ0) is 15.3. The zero-order valence-electron chi connectivity index (χ0n) is 12.4. The number of rotatable bonds is 6. The molecule has 0 bridgehead atoms. The Morgan fingerprint density at radius 3 is 2.05 bits per heavy atom. The van der Waals surface area contributed by atoms with Gasteiger partial charge in [-0.1, -0.05) is 30.3 Å². The summed E-state index contributed by atoms with van der Waals surface area (Å²) < 4.78 is 24.7. The molecule has 20 heavy (non-hydrogen) atoms. The highest BCUT2D eigenvalue weighted by molar-refractivity contribution is 7.88. The summed E-state index contributed by atoms with van der Waals surface area (Å²) in [5, 5.41) is 0. The second-order valence-electron chi connectivity index (χ2n) is 4.60. The van der Waals surface area contributed by atoms with Crippen LogP contribution in [0.25, 0.3) is 0 Å². The molecule has 1 amide bonds. The van der Waals surface area contributed by atoms with Gasteiger partial charge in [-0.15, -0.1) is 0 Å². The van der Waals surface area contributed by atoms with Gasteiger partial charge in [0.05, 0.1) is 6.26 Å². The quantitative estimate of drug-likeness (QED) is 0.799. The van der Waals surface area contributed by atoms with E-state index < -0.39 is 16.1 Å². The molecule has 0 aliphatic heterocycles. The van der Waals surface area contributed by atoms with Crippen LogP contribution in [-0.2, 0) is 14.8 Å². The first kappa shape index (κ1) is 16.7. The molecule has 1 rings (SSSR count). The first-order valence-corrected chi connectivity index (χ1v) is 8.44. The summed E-state index contributed by atoms with van der Waals surface area (Å²) in [4.78, 5) is 14.3. The zero-order valence-corrected chi connectivity index (χ0v) is 13.2. The van der Waals surface area contributed by atoms with Gasteiger partial charge in [-0.3, -0.25) is 4.79 Å². The lowest BCUT2D eigenvalue weighted by molar-refractivity contribution is -0.134. The largest absolute Gasteiger partial charge is 0.342 e. The van der Waals surface area contributed by atoms with Crippen molar-refractivity contribution >= 4 is 15.9 Å². The number of benzene rings is 1. The molecule has 0 aliphatic rings. The highest BCUT2D eigenvalue weighted by Crippen LogP contribution is 2.24. The summed E-state index contributed by atoms with van der Waals surface area (Å²) in [7, 11) is -2.02. The van der Waals surface area contributed by atoms with Crippen molar-refractivity contribution in [2.24, 2.45) is 0 Å². The number of hydrogen-bond donors (Lipinski definition) is 0. The number of hydrogen-bond acceptors (Lipinski definition) is 3. The average molecular weight is 298 g/mol. The van der Waals surface area contributed by atoms with Crippen LogP contribution in [0.4, 0.5) is 0 Å². The van der Waals surface area contributed by atoms with E-state index in [2.05, 4.69) is 0 Å². The SMILES string of the molecule is CCN(CC)C(=O)[C@H](c1ccccc1)N(C)S(C)(=O)=O. The molecule has 112 valence electrons.